The molecule has 6 heteroatoms. The highest BCUT2D eigenvalue weighted by atomic mass is 35.5. The summed E-state index contributed by atoms with van der Waals surface area (Å²) < 4.78 is 1.82. The van der Waals surface area contributed by atoms with E-state index in [1.54, 1.807) is 6.20 Å². The number of nitrogens with one attached hydrogen (secondary N) is 1. The van der Waals surface area contributed by atoms with E-state index in [-0.39, 0.29) is 6.10 Å². The molecule has 124 valence electrons. The van der Waals surface area contributed by atoms with Gasteiger partial charge in [-0.3, -0.25) is 0 Å². The minimum absolute atomic E-state index is 0.154. The van der Waals surface area contributed by atoms with Crippen molar-refractivity contribution in [2.24, 2.45) is 0 Å². The van der Waals surface area contributed by atoms with E-state index in [1.807, 2.05) is 40.9 Å². The molecule has 0 spiro atoms. The molecule has 0 atom stereocenters. The number of aliphatic hydroxyl groups excluding tert-OH is 1. The van der Waals surface area contributed by atoms with Crippen LogP contribution in [0.15, 0.2) is 42.6 Å². The van der Waals surface area contributed by atoms with Gasteiger partial charge in [-0.25, -0.2) is 9.50 Å². The van der Waals surface area contributed by atoms with Crippen molar-refractivity contribution in [2.75, 3.05) is 5.32 Å². The fourth-order valence-electron chi connectivity index (χ4n) is 3.23. The predicted octanol–water partition coefficient (Wildman–Crippen LogP) is 3.77. The maximum Gasteiger partial charge on any atom is 0.154 e. The molecule has 1 aliphatic rings. The van der Waals surface area contributed by atoms with Gasteiger partial charge in [-0.1, -0.05) is 29.8 Å². The largest absolute Gasteiger partial charge is 0.393 e. The summed E-state index contributed by atoms with van der Waals surface area (Å²) >= 11 is 6.32. The lowest BCUT2D eigenvalue weighted by molar-refractivity contribution is 0.126. The van der Waals surface area contributed by atoms with Gasteiger partial charge in [0.05, 0.1) is 23.0 Å². The van der Waals surface area contributed by atoms with Crippen LogP contribution in [-0.4, -0.2) is 31.9 Å². The molecule has 2 N–H and O–H groups in total. The summed E-state index contributed by atoms with van der Waals surface area (Å²) in [5.74, 6) is 0.815. The molecule has 2 heterocycles. The Labute approximate surface area is 145 Å². The number of aliphatic hydroxyl groups is 1. The smallest absolute Gasteiger partial charge is 0.154 e. The standard InChI is InChI=1S/C18H19ClN4O/c19-15-4-2-1-3-14(15)16-11-20-18-10-9-17(22-23(16)18)21-12-5-7-13(24)8-6-12/h1-4,9-13,24H,5-8H2,(H,21,22). The second kappa shape index (κ2) is 6.42. The lowest BCUT2D eigenvalue weighted by Gasteiger charge is -2.26. The Bertz CT molecular complexity index is 855. The third-order valence-corrected chi connectivity index (χ3v) is 4.89. The Balaban J connectivity index is 1.65. The predicted molar refractivity (Wildman–Crippen MR) is 95.3 cm³/mol. The summed E-state index contributed by atoms with van der Waals surface area (Å²) in [6.45, 7) is 0. The van der Waals surface area contributed by atoms with Crippen molar-refractivity contribution >= 4 is 23.1 Å². The first kappa shape index (κ1) is 15.4. The van der Waals surface area contributed by atoms with Crippen molar-refractivity contribution < 1.29 is 5.11 Å². The molecule has 1 aromatic carbocycles. The van der Waals surface area contributed by atoms with Crippen LogP contribution in [0.1, 0.15) is 25.7 Å². The van der Waals surface area contributed by atoms with Crippen LogP contribution < -0.4 is 5.32 Å². The van der Waals surface area contributed by atoms with Crippen LogP contribution in [0.25, 0.3) is 16.9 Å². The van der Waals surface area contributed by atoms with Gasteiger partial charge in [-0.15, -0.1) is 5.10 Å². The Morgan fingerprint density at radius 2 is 1.88 bits per heavy atom. The van der Waals surface area contributed by atoms with Crippen molar-refractivity contribution in [1.29, 1.82) is 0 Å². The van der Waals surface area contributed by atoms with Gasteiger partial charge < -0.3 is 10.4 Å². The second-order valence-corrected chi connectivity index (χ2v) is 6.67. The molecule has 0 saturated heterocycles. The molecule has 2 aromatic heterocycles. The van der Waals surface area contributed by atoms with Crippen LogP contribution in [0.2, 0.25) is 5.02 Å². The Kier molecular flexibility index (Phi) is 4.12. The molecule has 0 radical (unpaired) electrons. The van der Waals surface area contributed by atoms with Crippen molar-refractivity contribution in [3.8, 4) is 11.3 Å². The van der Waals surface area contributed by atoms with E-state index in [4.69, 9.17) is 11.6 Å². The Morgan fingerprint density at radius 1 is 1.08 bits per heavy atom. The van der Waals surface area contributed by atoms with Crippen molar-refractivity contribution in [3.63, 3.8) is 0 Å². The molecule has 0 bridgehead atoms. The van der Waals surface area contributed by atoms with Crippen LogP contribution in [0.4, 0.5) is 5.82 Å². The van der Waals surface area contributed by atoms with Gasteiger partial charge >= 0.3 is 0 Å². The number of hydrogen-bond donors (Lipinski definition) is 2. The van der Waals surface area contributed by atoms with Crippen LogP contribution in [0.5, 0.6) is 0 Å². The molecule has 0 unspecified atom stereocenters. The van der Waals surface area contributed by atoms with E-state index < -0.39 is 0 Å². The summed E-state index contributed by atoms with van der Waals surface area (Å²) in [5, 5.41) is 18.5. The number of halogens is 1. The van der Waals surface area contributed by atoms with Gasteiger partial charge in [0.15, 0.2) is 5.65 Å². The van der Waals surface area contributed by atoms with E-state index in [2.05, 4.69) is 15.4 Å². The third kappa shape index (κ3) is 2.97. The number of imidazole rings is 1. The Hall–Kier alpha value is -2.11. The van der Waals surface area contributed by atoms with E-state index >= 15 is 0 Å². The maximum absolute atomic E-state index is 9.63. The summed E-state index contributed by atoms with van der Waals surface area (Å²) in [4.78, 5) is 4.41. The third-order valence-electron chi connectivity index (χ3n) is 4.56. The molecular weight excluding hydrogens is 324 g/mol. The monoisotopic (exact) mass is 342 g/mol. The highest BCUT2D eigenvalue weighted by molar-refractivity contribution is 6.33. The molecule has 0 aliphatic heterocycles. The molecule has 1 fully saturated rings. The number of anilines is 1. The van der Waals surface area contributed by atoms with Crippen LogP contribution in [0, 0.1) is 0 Å². The molecule has 4 rings (SSSR count). The van der Waals surface area contributed by atoms with Crippen LogP contribution in [0.3, 0.4) is 0 Å². The van der Waals surface area contributed by atoms with Gasteiger partial charge in [-0.2, -0.15) is 0 Å². The fraction of sp³-hybridized carbons (Fsp3) is 0.333. The Morgan fingerprint density at radius 3 is 2.67 bits per heavy atom. The van der Waals surface area contributed by atoms with E-state index in [0.717, 1.165) is 48.4 Å². The average Bonchev–Trinajstić information content (AvgIpc) is 3.00. The number of aromatic nitrogens is 3. The van der Waals surface area contributed by atoms with E-state index in [0.29, 0.717) is 11.1 Å². The highest BCUT2D eigenvalue weighted by Gasteiger charge is 2.20. The molecule has 1 saturated carbocycles. The molecule has 24 heavy (non-hydrogen) atoms. The SMILES string of the molecule is OC1CCC(Nc2ccc3ncc(-c4ccccc4Cl)n3n2)CC1. The number of nitrogens with zero attached hydrogens (tertiary/aromatic N) is 3. The van der Waals surface area contributed by atoms with Crippen molar-refractivity contribution in [3.05, 3.63) is 47.6 Å². The van der Waals surface area contributed by atoms with Gasteiger partial charge in [0, 0.05) is 11.6 Å². The van der Waals surface area contributed by atoms with Gasteiger partial charge in [0.2, 0.25) is 0 Å². The number of hydrogen-bond acceptors (Lipinski definition) is 4. The second-order valence-electron chi connectivity index (χ2n) is 6.26. The normalized spacial score (nSPS) is 21.1. The number of benzene rings is 1. The summed E-state index contributed by atoms with van der Waals surface area (Å²) in [5.41, 5.74) is 2.57. The van der Waals surface area contributed by atoms with E-state index in [9.17, 15) is 5.11 Å². The zero-order valence-corrected chi connectivity index (χ0v) is 13.9. The van der Waals surface area contributed by atoms with Crippen molar-refractivity contribution in [2.45, 2.75) is 37.8 Å². The van der Waals surface area contributed by atoms with Crippen LogP contribution in [-0.2, 0) is 0 Å². The molecule has 0 amide bonds. The first-order valence-corrected chi connectivity index (χ1v) is 8.63. The highest BCUT2D eigenvalue weighted by Crippen LogP contribution is 2.28. The summed E-state index contributed by atoms with van der Waals surface area (Å²) in [6, 6.07) is 12.0. The van der Waals surface area contributed by atoms with Gasteiger partial charge in [0.1, 0.15) is 5.82 Å². The zero-order chi connectivity index (χ0) is 16.5. The number of rotatable bonds is 3. The summed E-state index contributed by atoms with van der Waals surface area (Å²) in [7, 11) is 0. The van der Waals surface area contributed by atoms with Crippen molar-refractivity contribution in [1.82, 2.24) is 14.6 Å². The van der Waals surface area contributed by atoms with E-state index in [1.165, 1.54) is 0 Å². The topological polar surface area (TPSA) is 62.5 Å². The average molecular weight is 343 g/mol. The first-order valence-electron chi connectivity index (χ1n) is 8.25. The van der Waals surface area contributed by atoms with Gasteiger partial charge in [-0.05, 0) is 43.9 Å². The number of fused-ring (bicyclic) bond motifs is 1. The quantitative estimate of drug-likeness (QED) is 0.760. The zero-order valence-electron chi connectivity index (χ0n) is 13.2. The van der Waals surface area contributed by atoms with Gasteiger partial charge in [0.25, 0.3) is 0 Å². The summed E-state index contributed by atoms with van der Waals surface area (Å²) in [6.07, 6.45) is 5.25. The fourth-order valence-corrected chi connectivity index (χ4v) is 3.46. The lowest BCUT2D eigenvalue weighted by Crippen LogP contribution is -2.28. The molecule has 3 aromatic rings. The molecule has 5 nitrogen and oxygen atoms in total. The lowest BCUT2D eigenvalue weighted by atomic mass is 9.93. The minimum atomic E-state index is -0.154. The maximum atomic E-state index is 9.63. The van der Waals surface area contributed by atoms with Crippen LogP contribution >= 0.6 is 11.6 Å². The minimum Gasteiger partial charge on any atom is -0.393 e. The first-order chi connectivity index (χ1) is 11.7. The molecule has 1 aliphatic carbocycles. The molecular formula is C18H19ClN4O.